The van der Waals surface area contributed by atoms with Gasteiger partial charge in [0.25, 0.3) is 0 Å². The fourth-order valence-corrected chi connectivity index (χ4v) is 3.52. The fourth-order valence-electron chi connectivity index (χ4n) is 1.87. The van der Waals surface area contributed by atoms with E-state index < -0.39 is 10.0 Å². The number of pyridine rings is 1. The third-order valence-electron chi connectivity index (χ3n) is 2.80. The van der Waals surface area contributed by atoms with Crippen LogP contribution in [-0.2, 0) is 10.0 Å². The zero-order valence-electron chi connectivity index (χ0n) is 9.13. The highest BCUT2D eigenvalue weighted by atomic mass is 32.2. The Hall–Kier alpha value is -1.14. The summed E-state index contributed by atoms with van der Waals surface area (Å²) in [6.07, 6.45) is 2.39. The second-order valence-corrected chi connectivity index (χ2v) is 6.05. The molecule has 0 spiro atoms. The van der Waals surface area contributed by atoms with E-state index in [1.54, 1.807) is 6.07 Å². The highest BCUT2D eigenvalue weighted by molar-refractivity contribution is 7.89. The molecule has 5 nitrogen and oxygen atoms in total. The number of nitrogens with two attached hydrogens (primary N) is 1. The van der Waals surface area contributed by atoms with Crippen LogP contribution in [0.2, 0.25) is 0 Å². The monoisotopic (exact) mass is 241 g/mol. The van der Waals surface area contributed by atoms with Gasteiger partial charge in [-0.1, -0.05) is 6.92 Å². The van der Waals surface area contributed by atoms with Gasteiger partial charge >= 0.3 is 0 Å². The van der Waals surface area contributed by atoms with E-state index in [1.807, 2.05) is 6.92 Å². The van der Waals surface area contributed by atoms with Crippen LogP contribution in [0.15, 0.2) is 23.2 Å². The molecular formula is C10H15N3O2S. The largest absolute Gasteiger partial charge is 0.383 e. The SMILES string of the molecule is CC1CCN(S(=O)(=O)c2cccnc2N)C1. The molecule has 1 fully saturated rings. The normalized spacial score (nSPS) is 22.4. The van der Waals surface area contributed by atoms with Gasteiger partial charge in [0.2, 0.25) is 10.0 Å². The van der Waals surface area contributed by atoms with Gasteiger partial charge in [0, 0.05) is 19.3 Å². The smallest absolute Gasteiger partial charge is 0.246 e. The Bertz CT molecular complexity index is 487. The second kappa shape index (κ2) is 4.03. The molecular weight excluding hydrogens is 226 g/mol. The van der Waals surface area contributed by atoms with Crippen LogP contribution in [0.1, 0.15) is 13.3 Å². The van der Waals surface area contributed by atoms with E-state index in [4.69, 9.17) is 5.73 Å². The maximum Gasteiger partial charge on any atom is 0.246 e. The Kier molecular flexibility index (Phi) is 2.86. The molecule has 16 heavy (non-hydrogen) atoms. The third kappa shape index (κ3) is 1.90. The van der Waals surface area contributed by atoms with Gasteiger partial charge in [-0.05, 0) is 24.5 Å². The number of nitrogen functional groups attached to an aromatic ring is 1. The highest BCUT2D eigenvalue weighted by Crippen LogP contribution is 2.25. The van der Waals surface area contributed by atoms with Gasteiger partial charge in [0.05, 0.1) is 0 Å². The first-order valence-electron chi connectivity index (χ1n) is 5.22. The van der Waals surface area contributed by atoms with E-state index in [0.29, 0.717) is 19.0 Å². The highest BCUT2D eigenvalue weighted by Gasteiger charge is 2.31. The van der Waals surface area contributed by atoms with Gasteiger partial charge in [0.15, 0.2) is 0 Å². The summed E-state index contributed by atoms with van der Waals surface area (Å²) in [7, 11) is -3.46. The molecule has 0 aromatic carbocycles. The molecule has 88 valence electrons. The van der Waals surface area contributed by atoms with E-state index >= 15 is 0 Å². The van der Waals surface area contributed by atoms with E-state index in [9.17, 15) is 8.42 Å². The van der Waals surface area contributed by atoms with Crippen LogP contribution in [-0.4, -0.2) is 30.8 Å². The van der Waals surface area contributed by atoms with Crippen molar-refractivity contribution in [3.8, 4) is 0 Å². The summed E-state index contributed by atoms with van der Waals surface area (Å²) in [5, 5.41) is 0. The molecule has 1 aliphatic rings. The van der Waals surface area contributed by atoms with E-state index in [0.717, 1.165) is 6.42 Å². The lowest BCUT2D eigenvalue weighted by Crippen LogP contribution is -2.29. The third-order valence-corrected chi connectivity index (χ3v) is 4.72. The van der Waals surface area contributed by atoms with Crippen molar-refractivity contribution in [1.82, 2.24) is 9.29 Å². The molecule has 1 aromatic heterocycles. The average molecular weight is 241 g/mol. The molecule has 1 saturated heterocycles. The maximum atomic E-state index is 12.2. The van der Waals surface area contributed by atoms with Crippen LogP contribution in [0.3, 0.4) is 0 Å². The molecule has 2 heterocycles. The maximum absolute atomic E-state index is 12.2. The summed E-state index contributed by atoms with van der Waals surface area (Å²) < 4.78 is 25.9. The van der Waals surface area contributed by atoms with Crippen LogP contribution in [0.25, 0.3) is 0 Å². The summed E-state index contributed by atoms with van der Waals surface area (Å²) in [5.41, 5.74) is 5.59. The summed E-state index contributed by atoms with van der Waals surface area (Å²) >= 11 is 0. The Balaban J connectivity index is 2.36. The molecule has 0 radical (unpaired) electrons. The predicted octanol–water partition coefficient (Wildman–Crippen LogP) is 0.694. The molecule has 2 rings (SSSR count). The summed E-state index contributed by atoms with van der Waals surface area (Å²) in [6, 6.07) is 3.09. The minimum atomic E-state index is -3.46. The number of aromatic nitrogens is 1. The van der Waals surface area contributed by atoms with Crippen molar-refractivity contribution in [3.63, 3.8) is 0 Å². The van der Waals surface area contributed by atoms with Crippen LogP contribution in [0.4, 0.5) is 5.82 Å². The molecule has 0 saturated carbocycles. The zero-order valence-corrected chi connectivity index (χ0v) is 9.94. The first-order chi connectivity index (χ1) is 7.51. The Morgan fingerprint density at radius 2 is 2.31 bits per heavy atom. The van der Waals surface area contributed by atoms with Gasteiger partial charge in [-0.3, -0.25) is 0 Å². The molecule has 1 aliphatic heterocycles. The lowest BCUT2D eigenvalue weighted by molar-refractivity contribution is 0.464. The van der Waals surface area contributed by atoms with Gasteiger partial charge in [-0.2, -0.15) is 4.31 Å². The number of sulfonamides is 1. The Morgan fingerprint density at radius 1 is 1.56 bits per heavy atom. The Morgan fingerprint density at radius 3 is 2.88 bits per heavy atom. The predicted molar refractivity (Wildman–Crippen MR) is 61.2 cm³/mol. The average Bonchev–Trinajstić information content (AvgIpc) is 2.66. The van der Waals surface area contributed by atoms with Crippen molar-refractivity contribution >= 4 is 15.8 Å². The standard InChI is InChI=1S/C10H15N3O2S/c1-8-4-6-13(7-8)16(14,15)9-3-2-5-12-10(9)11/h2-3,5,8H,4,6-7H2,1H3,(H2,11,12). The molecule has 0 amide bonds. The Labute approximate surface area is 95.3 Å². The van der Waals surface area contributed by atoms with Crippen molar-refractivity contribution in [2.75, 3.05) is 18.8 Å². The van der Waals surface area contributed by atoms with Crippen molar-refractivity contribution in [1.29, 1.82) is 0 Å². The second-order valence-electron chi connectivity index (χ2n) is 4.14. The van der Waals surface area contributed by atoms with Crippen molar-refractivity contribution in [3.05, 3.63) is 18.3 Å². The lowest BCUT2D eigenvalue weighted by atomic mass is 10.2. The van der Waals surface area contributed by atoms with Crippen molar-refractivity contribution in [2.24, 2.45) is 5.92 Å². The topological polar surface area (TPSA) is 76.3 Å². The van der Waals surface area contributed by atoms with Crippen LogP contribution in [0.5, 0.6) is 0 Å². The minimum Gasteiger partial charge on any atom is -0.383 e. The molecule has 6 heteroatoms. The van der Waals surface area contributed by atoms with Gasteiger partial charge in [0.1, 0.15) is 10.7 Å². The van der Waals surface area contributed by atoms with Crippen LogP contribution in [0, 0.1) is 5.92 Å². The number of hydrogen-bond donors (Lipinski definition) is 1. The molecule has 1 aromatic rings. The fraction of sp³-hybridized carbons (Fsp3) is 0.500. The lowest BCUT2D eigenvalue weighted by Gasteiger charge is -2.16. The number of hydrogen-bond acceptors (Lipinski definition) is 4. The molecule has 1 atom stereocenters. The first-order valence-corrected chi connectivity index (χ1v) is 6.66. The summed E-state index contributed by atoms with van der Waals surface area (Å²) in [5.74, 6) is 0.481. The van der Waals surface area contributed by atoms with E-state index in [-0.39, 0.29) is 10.7 Å². The molecule has 1 unspecified atom stereocenters. The van der Waals surface area contributed by atoms with Gasteiger partial charge < -0.3 is 5.73 Å². The van der Waals surface area contributed by atoms with Crippen molar-refractivity contribution in [2.45, 2.75) is 18.2 Å². The quantitative estimate of drug-likeness (QED) is 0.826. The van der Waals surface area contributed by atoms with Crippen LogP contribution >= 0.6 is 0 Å². The molecule has 0 aliphatic carbocycles. The van der Waals surface area contributed by atoms with Crippen LogP contribution < -0.4 is 5.73 Å². The van der Waals surface area contributed by atoms with Gasteiger partial charge in [-0.25, -0.2) is 13.4 Å². The minimum absolute atomic E-state index is 0.0713. The number of anilines is 1. The molecule has 0 bridgehead atoms. The molecule has 2 N–H and O–H groups in total. The number of nitrogens with zero attached hydrogens (tertiary/aromatic N) is 2. The summed E-state index contributed by atoms with van der Waals surface area (Å²) in [6.45, 7) is 3.18. The summed E-state index contributed by atoms with van der Waals surface area (Å²) in [4.78, 5) is 3.92. The van der Waals surface area contributed by atoms with E-state index in [2.05, 4.69) is 4.98 Å². The number of rotatable bonds is 2. The van der Waals surface area contributed by atoms with E-state index in [1.165, 1.54) is 16.6 Å². The first kappa shape index (κ1) is 11.3. The van der Waals surface area contributed by atoms with Crippen molar-refractivity contribution < 1.29 is 8.42 Å². The zero-order chi connectivity index (χ0) is 11.8. The van der Waals surface area contributed by atoms with Gasteiger partial charge in [-0.15, -0.1) is 0 Å².